The first kappa shape index (κ1) is 16.0. The number of unbranched alkanes of at least 4 members (excludes halogenated alkanes) is 1. The molecule has 1 aliphatic heterocycles. The van der Waals surface area contributed by atoms with Crippen molar-refractivity contribution >= 4 is 11.9 Å². The third kappa shape index (κ3) is 5.21. The van der Waals surface area contributed by atoms with Crippen molar-refractivity contribution in [3.05, 3.63) is 0 Å². The van der Waals surface area contributed by atoms with Crippen LogP contribution in [0, 0.1) is 11.8 Å². The van der Waals surface area contributed by atoms with Gasteiger partial charge in [-0.1, -0.05) is 26.7 Å². The summed E-state index contributed by atoms with van der Waals surface area (Å²) >= 11 is 0. The molecule has 1 N–H and O–H groups in total. The molecule has 1 heterocycles. The van der Waals surface area contributed by atoms with Crippen molar-refractivity contribution in [2.75, 3.05) is 13.1 Å². The Kier molecular flexibility index (Phi) is 6.89. The van der Waals surface area contributed by atoms with Crippen LogP contribution in [0.1, 0.15) is 58.8 Å². The average molecular weight is 269 g/mol. The summed E-state index contributed by atoms with van der Waals surface area (Å²) in [5, 5.41) is 8.78. The van der Waals surface area contributed by atoms with Crippen LogP contribution in [0.5, 0.6) is 0 Å². The second-order valence-electron chi connectivity index (χ2n) is 5.61. The number of nitrogens with zero attached hydrogens (tertiary/aromatic N) is 1. The van der Waals surface area contributed by atoms with Crippen molar-refractivity contribution in [1.29, 1.82) is 0 Å². The smallest absolute Gasteiger partial charge is 0.303 e. The summed E-state index contributed by atoms with van der Waals surface area (Å²) in [6.07, 6.45) is 6.05. The summed E-state index contributed by atoms with van der Waals surface area (Å²) in [6.45, 7) is 5.70. The van der Waals surface area contributed by atoms with E-state index in [0.29, 0.717) is 0 Å². The van der Waals surface area contributed by atoms with Crippen LogP contribution in [-0.2, 0) is 9.59 Å². The molecule has 1 aliphatic rings. The molecule has 110 valence electrons. The number of piperidine rings is 1. The maximum absolute atomic E-state index is 12.4. The van der Waals surface area contributed by atoms with Gasteiger partial charge in [-0.05, 0) is 31.6 Å². The fourth-order valence-corrected chi connectivity index (χ4v) is 2.82. The van der Waals surface area contributed by atoms with Crippen LogP contribution in [0.2, 0.25) is 0 Å². The molecule has 0 aromatic rings. The first-order chi connectivity index (χ1) is 9.08. The van der Waals surface area contributed by atoms with Gasteiger partial charge in [0.1, 0.15) is 0 Å². The van der Waals surface area contributed by atoms with E-state index >= 15 is 0 Å². The van der Waals surface area contributed by atoms with Crippen molar-refractivity contribution in [3.63, 3.8) is 0 Å². The highest BCUT2D eigenvalue weighted by atomic mass is 16.4. The van der Waals surface area contributed by atoms with Crippen LogP contribution in [0.15, 0.2) is 0 Å². The quantitative estimate of drug-likeness (QED) is 0.773. The molecule has 0 aromatic carbocycles. The molecule has 4 nitrogen and oxygen atoms in total. The summed E-state index contributed by atoms with van der Waals surface area (Å²) in [6, 6.07) is 0. The van der Waals surface area contributed by atoms with Gasteiger partial charge in [-0.15, -0.1) is 0 Å². The van der Waals surface area contributed by atoms with Crippen molar-refractivity contribution in [1.82, 2.24) is 4.90 Å². The molecule has 4 heteroatoms. The third-order valence-electron chi connectivity index (χ3n) is 4.14. The van der Waals surface area contributed by atoms with E-state index in [4.69, 9.17) is 5.11 Å². The molecule has 0 spiro atoms. The van der Waals surface area contributed by atoms with E-state index in [1.54, 1.807) is 0 Å². The minimum absolute atomic E-state index is 0.163. The number of carboxylic acids is 1. The Bertz CT molecular complexity index is 296. The van der Waals surface area contributed by atoms with Crippen molar-refractivity contribution < 1.29 is 14.7 Å². The van der Waals surface area contributed by atoms with Crippen LogP contribution >= 0.6 is 0 Å². The molecule has 0 radical (unpaired) electrons. The predicted molar refractivity (Wildman–Crippen MR) is 74.9 cm³/mol. The Labute approximate surface area is 116 Å². The van der Waals surface area contributed by atoms with Crippen molar-refractivity contribution in [2.24, 2.45) is 11.8 Å². The largest absolute Gasteiger partial charge is 0.481 e. The number of hydrogen-bond acceptors (Lipinski definition) is 2. The number of aliphatic carboxylic acids is 1. The summed E-state index contributed by atoms with van der Waals surface area (Å²) < 4.78 is 0. The second-order valence-corrected chi connectivity index (χ2v) is 5.61. The van der Waals surface area contributed by atoms with E-state index < -0.39 is 5.97 Å². The highest BCUT2D eigenvalue weighted by Crippen LogP contribution is 2.23. The number of amides is 1. The molecule has 0 saturated carbocycles. The van der Waals surface area contributed by atoms with Gasteiger partial charge in [0.25, 0.3) is 0 Å². The van der Waals surface area contributed by atoms with Gasteiger partial charge in [-0.25, -0.2) is 0 Å². The topological polar surface area (TPSA) is 57.6 Å². The Morgan fingerprint density at radius 1 is 1.26 bits per heavy atom. The number of carbonyl (C=O) groups is 2. The Morgan fingerprint density at radius 3 is 2.37 bits per heavy atom. The summed E-state index contributed by atoms with van der Waals surface area (Å²) in [4.78, 5) is 25.0. The molecule has 1 unspecified atom stereocenters. The van der Waals surface area contributed by atoms with Crippen LogP contribution in [0.3, 0.4) is 0 Å². The van der Waals surface area contributed by atoms with Gasteiger partial charge in [-0.2, -0.15) is 0 Å². The standard InChI is InChI=1S/C15H27NO3/c1-3-5-6-13(4-2)15(19)16-9-7-12(8-10-16)11-14(17)18/h12-13H,3-11H2,1-2H3,(H,17,18). The Hall–Kier alpha value is -1.06. The number of rotatable bonds is 7. The normalized spacial score (nSPS) is 18.3. The zero-order valence-electron chi connectivity index (χ0n) is 12.2. The van der Waals surface area contributed by atoms with E-state index in [1.165, 1.54) is 0 Å². The zero-order chi connectivity index (χ0) is 14.3. The van der Waals surface area contributed by atoms with Gasteiger partial charge in [-0.3, -0.25) is 9.59 Å². The molecule has 1 atom stereocenters. The summed E-state index contributed by atoms with van der Waals surface area (Å²) in [5.74, 6) is -0.0304. The molecule has 19 heavy (non-hydrogen) atoms. The second kappa shape index (κ2) is 8.18. The first-order valence-electron chi connectivity index (χ1n) is 7.59. The minimum atomic E-state index is -0.723. The van der Waals surface area contributed by atoms with Crippen molar-refractivity contribution in [3.8, 4) is 0 Å². The van der Waals surface area contributed by atoms with Gasteiger partial charge in [0.05, 0.1) is 0 Å². The Balaban J connectivity index is 2.40. The van der Waals surface area contributed by atoms with E-state index in [2.05, 4.69) is 13.8 Å². The van der Waals surface area contributed by atoms with Gasteiger partial charge < -0.3 is 10.0 Å². The lowest BCUT2D eigenvalue weighted by molar-refractivity contribution is -0.139. The number of carboxylic acid groups (broad SMARTS) is 1. The zero-order valence-corrected chi connectivity index (χ0v) is 12.2. The fraction of sp³-hybridized carbons (Fsp3) is 0.867. The van der Waals surface area contributed by atoms with Crippen LogP contribution < -0.4 is 0 Å². The van der Waals surface area contributed by atoms with E-state index in [1.807, 2.05) is 4.90 Å². The van der Waals surface area contributed by atoms with E-state index in [0.717, 1.165) is 51.6 Å². The highest BCUT2D eigenvalue weighted by molar-refractivity contribution is 5.78. The first-order valence-corrected chi connectivity index (χ1v) is 7.59. The monoisotopic (exact) mass is 269 g/mol. The maximum atomic E-state index is 12.4. The van der Waals surface area contributed by atoms with E-state index in [9.17, 15) is 9.59 Å². The van der Waals surface area contributed by atoms with Crippen LogP contribution in [0.25, 0.3) is 0 Å². The molecule has 0 aliphatic carbocycles. The fourth-order valence-electron chi connectivity index (χ4n) is 2.82. The highest BCUT2D eigenvalue weighted by Gasteiger charge is 2.27. The molecule has 1 amide bonds. The van der Waals surface area contributed by atoms with Gasteiger partial charge >= 0.3 is 5.97 Å². The summed E-state index contributed by atoms with van der Waals surface area (Å²) in [7, 11) is 0. The molecular weight excluding hydrogens is 242 g/mol. The van der Waals surface area contributed by atoms with Crippen LogP contribution in [-0.4, -0.2) is 35.0 Å². The SMILES string of the molecule is CCCCC(CC)C(=O)N1CCC(CC(=O)O)CC1. The molecule has 1 fully saturated rings. The van der Waals surface area contributed by atoms with Gasteiger partial charge in [0, 0.05) is 25.4 Å². The molecule has 1 saturated heterocycles. The molecular formula is C15H27NO3. The van der Waals surface area contributed by atoms with E-state index in [-0.39, 0.29) is 24.2 Å². The molecule has 0 bridgehead atoms. The maximum Gasteiger partial charge on any atom is 0.303 e. The minimum Gasteiger partial charge on any atom is -0.481 e. The lowest BCUT2D eigenvalue weighted by Gasteiger charge is -2.33. The molecule has 1 rings (SSSR count). The van der Waals surface area contributed by atoms with Gasteiger partial charge in [0.15, 0.2) is 0 Å². The van der Waals surface area contributed by atoms with Crippen molar-refractivity contribution in [2.45, 2.75) is 58.8 Å². The molecule has 0 aromatic heterocycles. The predicted octanol–water partition coefficient (Wildman–Crippen LogP) is 2.92. The third-order valence-corrected chi connectivity index (χ3v) is 4.14. The van der Waals surface area contributed by atoms with Crippen LogP contribution in [0.4, 0.5) is 0 Å². The lowest BCUT2D eigenvalue weighted by atomic mass is 9.91. The average Bonchev–Trinajstić information content (AvgIpc) is 2.39. The van der Waals surface area contributed by atoms with Gasteiger partial charge in [0.2, 0.25) is 5.91 Å². The Morgan fingerprint density at radius 2 is 1.89 bits per heavy atom. The lowest BCUT2D eigenvalue weighted by Crippen LogP contribution is -2.42. The number of likely N-dealkylation sites (tertiary alicyclic amines) is 1. The number of carbonyl (C=O) groups excluding carboxylic acids is 1. The summed E-state index contributed by atoms with van der Waals surface area (Å²) in [5.41, 5.74) is 0. The number of hydrogen-bond donors (Lipinski definition) is 1.